The topological polar surface area (TPSA) is 18.5 Å². The van der Waals surface area contributed by atoms with Gasteiger partial charge in [-0.05, 0) is 0 Å². The van der Waals surface area contributed by atoms with Gasteiger partial charge in [-0.3, -0.25) is 0 Å². The zero-order valence-electron chi connectivity index (χ0n) is 14.6. The van der Waals surface area contributed by atoms with Crippen molar-refractivity contribution in [2.24, 2.45) is 0 Å². The van der Waals surface area contributed by atoms with Crippen LogP contribution < -0.4 is 0 Å². The summed E-state index contributed by atoms with van der Waals surface area (Å²) in [5.74, 6) is 1.89. The molecule has 4 aliphatic rings. The predicted molar refractivity (Wildman–Crippen MR) is 112 cm³/mol. The van der Waals surface area contributed by atoms with Crippen molar-refractivity contribution in [3.05, 3.63) is 63.6 Å². The van der Waals surface area contributed by atoms with Crippen molar-refractivity contribution < 1.29 is 26.9 Å². The van der Waals surface area contributed by atoms with Crippen LogP contribution >= 0.6 is 40.7 Å². The zero-order valence-corrected chi connectivity index (χ0v) is 21.7. The fourth-order valence-electron chi connectivity index (χ4n) is 4.35. The average molecular weight is 542 g/mol. The minimum absolute atomic E-state index is 0. The van der Waals surface area contributed by atoms with Crippen molar-refractivity contribution in [1.82, 2.24) is 0 Å². The van der Waals surface area contributed by atoms with Crippen molar-refractivity contribution in [3.8, 4) is 0 Å². The Kier molecular flexibility index (Phi) is 6.00. The van der Waals surface area contributed by atoms with E-state index in [1.165, 1.54) is 16.7 Å². The first kappa shape index (κ1) is 21.5. The number of ether oxygens (including phenoxy) is 2. The first-order chi connectivity index (χ1) is 10.8. The fraction of sp³-hybridized carbons (Fsp3) is 0.333. The third kappa shape index (κ3) is 3.18. The molecule has 3 aliphatic carbocycles. The maximum Gasteiger partial charge on any atom is -0.147 e. The molecular formula is C18H23BrCl2O2SiZr. The van der Waals surface area contributed by atoms with E-state index in [2.05, 4.69) is 63.3 Å². The maximum absolute atomic E-state index is 5.72. The van der Waals surface area contributed by atoms with Crippen LogP contribution in [0.5, 0.6) is 0 Å². The van der Waals surface area contributed by atoms with Crippen molar-refractivity contribution >= 4 is 47.6 Å². The minimum atomic E-state index is -3.14. The Hall–Kier alpha value is 0.200. The van der Waals surface area contributed by atoms with E-state index in [1.54, 1.807) is 6.56 Å². The Bertz CT molecular complexity index is 900. The second-order valence-corrected chi connectivity index (χ2v) is 37.1. The SMILES string of the molecule is CC1=CC2=C(Br)C3=C(CC2=[C]1[Zr]([CH3])([CH3])(=[SiH2])[C]1=CC=CC1)OCO3.Cl.Cl. The maximum atomic E-state index is 5.72. The summed E-state index contributed by atoms with van der Waals surface area (Å²) in [6.45, 7) is 4.92. The molecule has 0 fully saturated rings. The Morgan fingerprint density at radius 2 is 1.92 bits per heavy atom. The van der Waals surface area contributed by atoms with Crippen molar-refractivity contribution in [1.29, 1.82) is 0 Å². The molecule has 0 aromatic rings. The van der Waals surface area contributed by atoms with Gasteiger partial charge in [0.2, 0.25) is 0 Å². The van der Waals surface area contributed by atoms with E-state index < -0.39 is 17.4 Å². The van der Waals surface area contributed by atoms with Gasteiger partial charge in [0.05, 0.1) is 0 Å². The third-order valence-corrected chi connectivity index (χ3v) is 22.6. The number of halogens is 3. The Morgan fingerprint density at radius 1 is 1.20 bits per heavy atom. The Labute approximate surface area is 172 Å². The molecular weight excluding hydrogens is 518 g/mol. The summed E-state index contributed by atoms with van der Waals surface area (Å²) in [5, 5.41) is 0. The number of fused-ring (bicyclic) bond motifs is 1. The van der Waals surface area contributed by atoms with E-state index in [-0.39, 0.29) is 24.8 Å². The second-order valence-electron chi connectivity index (χ2n) is 7.75. The zero-order chi connectivity index (χ0) is 16.4. The van der Waals surface area contributed by atoms with E-state index in [1.807, 2.05) is 0 Å². The molecule has 1 heterocycles. The summed E-state index contributed by atoms with van der Waals surface area (Å²) in [6, 6.07) is 0. The monoisotopic (exact) mass is 538 g/mol. The molecule has 136 valence electrons. The summed E-state index contributed by atoms with van der Waals surface area (Å²) in [6.07, 6.45) is 11.2. The molecule has 0 aromatic heterocycles. The minimum Gasteiger partial charge on any atom is -0.147 e. The van der Waals surface area contributed by atoms with Crippen LogP contribution in [0.2, 0.25) is 9.26 Å². The quantitative estimate of drug-likeness (QED) is 0.431. The summed E-state index contributed by atoms with van der Waals surface area (Å²) >= 11 is 0.618. The van der Waals surface area contributed by atoms with Gasteiger partial charge in [-0.25, -0.2) is 0 Å². The first-order valence-electron chi connectivity index (χ1n) is 8.03. The summed E-state index contributed by atoms with van der Waals surface area (Å²) in [7, 11) is 0. The van der Waals surface area contributed by atoms with Gasteiger partial charge in [0, 0.05) is 0 Å². The fourth-order valence-corrected chi connectivity index (χ4v) is 20.0. The number of hydrogen-bond donors (Lipinski definition) is 0. The van der Waals surface area contributed by atoms with Crippen LogP contribution in [0.15, 0.2) is 63.6 Å². The van der Waals surface area contributed by atoms with Gasteiger partial charge in [0.25, 0.3) is 0 Å². The van der Waals surface area contributed by atoms with Gasteiger partial charge in [0.15, 0.2) is 0 Å². The van der Waals surface area contributed by atoms with Crippen molar-refractivity contribution in [3.63, 3.8) is 0 Å². The Morgan fingerprint density at radius 3 is 2.56 bits per heavy atom. The smallest absolute Gasteiger partial charge is 0.147 e. The van der Waals surface area contributed by atoms with E-state index >= 15 is 0 Å². The largest absolute Gasteiger partial charge is 0.147 e. The number of rotatable bonds is 2. The van der Waals surface area contributed by atoms with Crippen LogP contribution in [-0.4, -0.2) is 13.7 Å². The van der Waals surface area contributed by atoms with Gasteiger partial charge >= 0.3 is 149 Å². The third-order valence-electron chi connectivity index (χ3n) is 5.45. The molecule has 0 amide bonds. The van der Waals surface area contributed by atoms with Gasteiger partial charge in [-0.1, -0.05) is 0 Å². The molecule has 0 N–H and O–H groups in total. The van der Waals surface area contributed by atoms with Crippen LogP contribution in [0, 0.1) is 0 Å². The molecule has 1 aliphatic heterocycles. The molecule has 0 aromatic carbocycles. The molecule has 0 spiro atoms. The standard InChI is InChI=1S/C11H8BrO2.C5H5.2CH3.2ClH.H2Si.Zr/c1-6-2-7-4-9-11(14-5-13-9)10(12)8(7)3-6;1-2-4-5-3-1;;;;;;/h3H,4-5H2,1H3;1-3H,4H2;2*1H3;2*1H;1H2;. The predicted octanol–water partition coefficient (Wildman–Crippen LogP) is 5.49. The van der Waals surface area contributed by atoms with E-state index in [0.717, 1.165) is 28.8 Å². The van der Waals surface area contributed by atoms with Gasteiger partial charge in [-0.2, -0.15) is 0 Å². The van der Waals surface area contributed by atoms with Crippen LogP contribution in [-0.2, 0) is 26.9 Å². The summed E-state index contributed by atoms with van der Waals surface area (Å²) in [5.41, 5.74) is 4.22. The van der Waals surface area contributed by atoms with Gasteiger partial charge < -0.3 is 0 Å². The van der Waals surface area contributed by atoms with Crippen LogP contribution in [0.4, 0.5) is 0 Å². The molecule has 0 saturated heterocycles. The molecule has 2 nitrogen and oxygen atoms in total. The van der Waals surface area contributed by atoms with Gasteiger partial charge in [-0.15, -0.1) is 24.8 Å². The molecule has 7 heteroatoms. The normalized spacial score (nSPS) is 21.8. The Balaban J connectivity index is 0.00000113. The van der Waals surface area contributed by atoms with Crippen LogP contribution in [0.3, 0.4) is 0 Å². The molecule has 4 rings (SSSR count). The van der Waals surface area contributed by atoms with Crippen LogP contribution in [0.1, 0.15) is 19.8 Å². The number of hydrogen-bond acceptors (Lipinski definition) is 2. The number of allylic oxidation sites excluding steroid dienone is 10. The first-order valence-corrected chi connectivity index (χ1v) is 22.1. The van der Waals surface area contributed by atoms with E-state index in [0.29, 0.717) is 6.79 Å². The molecule has 0 radical (unpaired) electrons. The average Bonchev–Trinajstić information content (AvgIpc) is 3.15. The van der Waals surface area contributed by atoms with E-state index in [9.17, 15) is 0 Å². The molecule has 0 bridgehead atoms. The van der Waals surface area contributed by atoms with Crippen LogP contribution in [0.25, 0.3) is 0 Å². The molecule has 0 atom stereocenters. The van der Waals surface area contributed by atoms with Crippen molar-refractivity contribution in [2.45, 2.75) is 29.0 Å². The van der Waals surface area contributed by atoms with Gasteiger partial charge in [0.1, 0.15) is 0 Å². The van der Waals surface area contributed by atoms with Crippen molar-refractivity contribution in [2.75, 3.05) is 6.79 Å². The summed E-state index contributed by atoms with van der Waals surface area (Å²) in [4.78, 5) is 0. The molecule has 25 heavy (non-hydrogen) atoms. The summed E-state index contributed by atoms with van der Waals surface area (Å²) < 4.78 is 20.9. The van der Waals surface area contributed by atoms with E-state index in [4.69, 9.17) is 9.47 Å². The second kappa shape index (κ2) is 6.98. The molecule has 0 unspecified atom stereocenters. The molecule has 0 saturated carbocycles.